The second-order valence-corrected chi connectivity index (χ2v) is 10.7. The fourth-order valence-corrected chi connectivity index (χ4v) is 5.03. The molecule has 0 saturated carbocycles. The zero-order chi connectivity index (χ0) is 30.1. The Balaban J connectivity index is 1.49. The van der Waals surface area contributed by atoms with Gasteiger partial charge in [-0.05, 0) is 66.7 Å². The van der Waals surface area contributed by atoms with Crippen molar-refractivity contribution in [2.45, 2.75) is 4.90 Å². The minimum absolute atomic E-state index is 0.0114. The number of anilines is 2. The summed E-state index contributed by atoms with van der Waals surface area (Å²) in [6.45, 7) is 0. The number of aromatic hydroxyl groups is 1. The molecule has 0 aliphatic carbocycles. The number of halogens is 2. The lowest BCUT2D eigenvalue weighted by atomic mass is 10.1. The van der Waals surface area contributed by atoms with Crippen molar-refractivity contribution in [3.05, 3.63) is 118 Å². The molecule has 0 aliphatic heterocycles. The Morgan fingerprint density at radius 2 is 1.60 bits per heavy atom. The van der Waals surface area contributed by atoms with Crippen LogP contribution in [0.25, 0.3) is 6.08 Å². The zero-order valence-corrected chi connectivity index (χ0v) is 24.5. The minimum atomic E-state index is -0.591. The van der Waals surface area contributed by atoms with Crippen molar-refractivity contribution in [1.29, 1.82) is 0 Å². The highest BCUT2D eigenvalue weighted by Gasteiger charge is 2.17. The van der Waals surface area contributed by atoms with Crippen LogP contribution in [0, 0.1) is 0 Å². The number of carbonyl (C=O) groups is 3. The van der Waals surface area contributed by atoms with E-state index in [-0.39, 0.29) is 23.1 Å². The molecule has 0 radical (unpaired) electrons. The van der Waals surface area contributed by atoms with E-state index >= 15 is 0 Å². The lowest BCUT2D eigenvalue weighted by Gasteiger charge is -2.13. The molecular weight excluding hydrogens is 597 g/mol. The van der Waals surface area contributed by atoms with Crippen molar-refractivity contribution in [3.63, 3.8) is 0 Å². The van der Waals surface area contributed by atoms with Gasteiger partial charge in [0.05, 0.1) is 12.9 Å². The third kappa shape index (κ3) is 8.78. The number of hydrogen-bond acceptors (Lipinski definition) is 6. The molecule has 0 unspecified atom stereocenters. The highest BCUT2D eigenvalue weighted by molar-refractivity contribution is 8.00. The Morgan fingerprint density at radius 3 is 2.31 bits per heavy atom. The first kappa shape index (κ1) is 30.5. The molecular formula is C31H25Cl2N3O5S. The largest absolute Gasteiger partial charge is 0.508 e. The molecule has 0 bridgehead atoms. The summed E-state index contributed by atoms with van der Waals surface area (Å²) in [6.07, 6.45) is 1.46. The van der Waals surface area contributed by atoms with E-state index < -0.39 is 11.8 Å². The number of ether oxygens (including phenoxy) is 1. The van der Waals surface area contributed by atoms with Crippen LogP contribution in [0.4, 0.5) is 11.4 Å². The van der Waals surface area contributed by atoms with Crippen LogP contribution in [-0.4, -0.2) is 35.7 Å². The van der Waals surface area contributed by atoms with Crippen LogP contribution in [0.2, 0.25) is 10.0 Å². The van der Waals surface area contributed by atoms with Crippen LogP contribution < -0.4 is 20.7 Å². The fourth-order valence-electron chi connectivity index (χ4n) is 3.75. The van der Waals surface area contributed by atoms with Crippen LogP contribution in [0.3, 0.4) is 0 Å². The van der Waals surface area contributed by atoms with E-state index in [4.69, 9.17) is 27.9 Å². The summed E-state index contributed by atoms with van der Waals surface area (Å²) in [7, 11) is 1.43. The Kier molecular flexibility index (Phi) is 10.5. The molecule has 4 rings (SSSR count). The number of benzene rings is 4. The Labute approximate surface area is 256 Å². The maximum Gasteiger partial charge on any atom is 0.272 e. The molecule has 214 valence electrons. The maximum absolute atomic E-state index is 13.4. The Hall–Kier alpha value is -4.44. The van der Waals surface area contributed by atoms with Crippen LogP contribution in [-0.2, 0) is 9.59 Å². The summed E-state index contributed by atoms with van der Waals surface area (Å²) in [5, 5.41) is 18.8. The van der Waals surface area contributed by atoms with E-state index in [1.807, 2.05) is 0 Å². The minimum Gasteiger partial charge on any atom is -0.508 e. The molecule has 0 aromatic heterocycles. The van der Waals surface area contributed by atoms with Crippen LogP contribution in [0.15, 0.2) is 102 Å². The van der Waals surface area contributed by atoms with E-state index in [9.17, 15) is 19.5 Å². The molecule has 3 amide bonds. The fraction of sp³-hybridized carbons (Fsp3) is 0.0645. The van der Waals surface area contributed by atoms with Gasteiger partial charge >= 0.3 is 0 Å². The number of phenolic OH excluding ortho intramolecular Hbond substituents is 1. The topological polar surface area (TPSA) is 117 Å². The lowest BCUT2D eigenvalue weighted by Crippen LogP contribution is -2.30. The number of methoxy groups -OCH3 is 1. The van der Waals surface area contributed by atoms with Crippen molar-refractivity contribution in [1.82, 2.24) is 5.32 Å². The normalized spacial score (nSPS) is 11.0. The molecule has 0 atom stereocenters. The number of carbonyl (C=O) groups excluding carboxylic acids is 3. The van der Waals surface area contributed by atoms with Crippen LogP contribution in [0.1, 0.15) is 15.9 Å². The van der Waals surface area contributed by atoms with E-state index in [1.165, 1.54) is 37.1 Å². The van der Waals surface area contributed by atoms with Crippen molar-refractivity contribution in [3.8, 4) is 11.5 Å². The monoisotopic (exact) mass is 621 g/mol. The van der Waals surface area contributed by atoms with Gasteiger partial charge < -0.3 is 25.8 Å². The van der Waals surface area contributed by atoms with Gasteiger partial charge in [-0.3, -0.25) is 14.4 Å². The van der Waals surface area contributed by atoms with Gasteiger partial charge in [-0.15, -0.1) is 11.8 Å². The molecule has 4 aromatic carbocycles. The summed E-state index contributed by atoms with van der Waals surface area (Å²) in [5.41, 5.74) is 1.71. The first-order valence-corrected chi connectivity index (χ1v) is 14.2. The molecule has 0 spiro atoms. The van der Waals surface area contributed by atoms with Crippen molar-refractivity contribution >= 4 is 70.1 Å². The highest BCUT2D eigenvalue weighted by Crippen LogP contribution is 2.27. The number of phenols is 1. The number of rotatable bonds is 10. The van der Waals surface area contributed by atoms with Gasteiger partial charge in [0, 0.05) is 43.5 Å². The summed E-state index contributed by atoms with van der Waals surface area (Å²) in [6, 6.07) is 24.6. The quantitative estimate of drug-likeness (QED) is 0.114. The van der Waals surface area contributed by atoms with Gasteiger partial charge in [-0.25, -0.2) is 0 Å². The van der Waals surface area contributed by atoms with Crippen molar-refractivity contribution in [2.75, 3.05) is 23.5 Å². The second-order valence-electron chi connectivity index (χ2n) is 8.78. The van der Waals surface area contributed by atoms with Gasteiger partial charge in [0.15, 0.2) is 0 Å². The van der Waals surface area contributed by atoms with Crippen LogP contribution >= 0.6 is 35.0 Å². The van der Waals surface area contributed by atoms with Gasteiger partial charge in [0.1, 0.15) is 17.2 Å². The molecule has 0 heterocycles. The third-order valence-electron chi connectivity index (χ3n) is 5.65. The predicted octanol–water partition coefficient (Wildman–Crippen LogP) is 6.85. The lowest BCUT2D eigenvalue weighted by molar-refractivity contribution is -0.114. The first-order valence-electron chi connectivity index (χ1n) is 12.5. The number of thioether (sulfide) groups is 1. The molecule has 4 N–H and O–H groups in total. The van der Waals surface area contributed by atoms with Gasteiger partial charge in [-0.2, -0.15) is 0 Å². The molecule has 42 heavy (non-hydrogen) atoms. The van der Waals surface area contributed by atoms with Crippen molar-refractivity contribution in [2.24, 2.45) is 0 Å². The maximum atomic E-state index is 13.4. The summed E-state index contributed by atoms with van der Waals surface area (Å²) in [4.78, 5) is 39.5. The SMILES string of the molecule is COc1cc(O)ccc1/C=C(/NC(=O)c1ccccc1)C(=O)Nc1cccc(SCC(=O)Nc2cc(Cl)cc(Cl)c2)c1. The number of amides is 3. The van der Waals surface area contributed by atoms with Gasteiger partial charge in [-0.1, -0.05) is 47.5 Å². The average Bonchev–Trinajstić information content (AvgIpc) is 2.96. The molecule has 0 saturated heterocycles. The smallest absolute Gasteiger partial charge is 0.272 e. The number of hydrogen-bond donors (Lipinski definition) is 4. The molecule has 0 aliphatic rings. The Morgan fingerprint density at radius 1 is 0.857 bits per heavy atom. The van der Waals surface area contributed by atoms with Gasteiger partial charge in [0.25, 0.3) is 11.8 Å². The van der Waals surface area contributed by atoms with Crippen LogP contribution in [0.5, 0.6) is 11.5 Å². The van der Waals surface area contributed by atoms with E-state index in [1.54, 1.807) is 78.9 Å². The highest BCUT2D eigenvalue weighted by atomic mass is 35.5. The summed E-state index contributed by atoms with van der Waals surface area (Å²) >= 11 is 13.3. The van der Waals surface area contributed by atoms with Crippen molar-refractivity contribution < 1.29 is 24.2 Å². The molecule has 8 nitrogen and oxygen atoms in total. The summed E-state index contributed by atoms with van der Waals surface area (Å²) < 4.78 is 5.33. The zero-order valence-electron chi connectivity index (χ0n) is 22.2. The van der Waals surface area contributed by atoms with E-state index in [0.717, 1.165) is 4.90 Å². The second kappa shape index (κ2) is 14.5. The van der Waals surface area contributed by atoms with E-state index in [0.29, 0.717) is 38.3 Å². The summed E-state index contributed by atoms with van der Waals surface area (Å²) in [5.74, 6) is -0.934. The van der Waals surface area contributed by atoms with E-state index in [2.05, 4.69) is 16.0 Å². The predicted molar refractivity (Wildman–Crippen MR) is 167 cm³/mol. The molecule has 11 heteroatoms. The average molecular weight is 623 g/mol. The third-order valence-corrected chi connectivity index (χ3v) is 7.08. The first-order chi connectivity index (χ1) is 20.2. The molecule has 4 aromatic rings. The Bertz CT molecular complexity index is 1630. The standard InChI is InChI=1S/C31H25Cl2N3O5S/c1-41-28-17-25(37)11-10-20(28)12-27(36-30(39)19-6-3-2-4-7-19)31(40)35-23-8-5-9-26(16-23)42-18-29(38)34-24-14-21(32)13-22(33)15-24/h2-17,37H,18H2,1H3,(H,34,38)(H,35,40)(H,36,39)/b27-12+. The molecule has 0 fully saturated rings. The van der Waals surface area contributed by atoms with Gasteiger partial charge in [0.2, 0.25) is 5.91 Å². The number of nitrogens with one attached hydrogen (secondary N) is 3.